The number of nitrogens with one attached hydrogen (secondary N) is 2. The van der Waals surface area contributed by atoms with E-state index in [1.807, 2.05) is 0 Å². The number of sulfonamides is 1. The Kier molecular flexibility index (Phi) is 6.25. The normalized spacial score (nSPS) is 15.1. The van der Waals surface area contributed by atoms with Crippen molar-refractivity contribution >= 4 is 38.9 Å². The van der Waals surface area contributed by atoms with E-state index < -0.39 is 27.9 Å². The Morgan fingerprint density at radius 2 is 1.76 bits per heavy atom. The van der Waals surface area contributed by atoms with E-state index in [1.54, 1.807) is 37.3 Å². The van der Waals surface area contributed by atoms with Crippen molar-refractivity contribution < 1.29 is 27.1 Å². The van der Waals surface area contributed by atoms with Crippen LogP contribution in [0.1, 0.15) is 12.5 Å². The molecule has 8 nitrogen and oxygen atoms in total. The molecule has 0 saturated carbocycles. The van der Waals surface area contributed by atoms with Gasteiger partial charge in [-0.3, -0.25) is 14.3 Å². The maximum Gasteiger partial charge on any atom is 0.267 e. The number of anilines is 3. The first-order valence-electron chi connectivity index (χ1n) is 10.4. The monoisotopic (exact) mass is 483 g/mol. The van der Waals surface area contributed by atoms with Crippen LogP contribution in [0.25, 0.3) is 0 Å². The summed E-state index contributed by atoms with van der Waals surface area (Å²) >= 11 is 0. The molecule has 2 N–H and O–H groups in total. The van der Waals surface area contributed by atoms with E-state index in [0.717, 1.165) is 6.07 Å². The van der Waals surface area contributed by atoms with E-state index in [9.17, 15) is 22.4 Å². The molecule has 10 heteroatoms. The van der Waals surface area contributed by atoms with Crippen molar-refractivity contribution in [3.63, 3.8) is 0 Å². The molecule has 3 aromatic rings. The number of carbonyl (C=O) groups is 2. The first-order chi connectivity index (χ1) is 16.2. The first-order valence-corrected chi connectivity index (χ1v) is 11.9. The summed E-state index contributed by atoms with van der Waals surface area (Å²) in [5, 5.41) is 2.65. The lowest BCUT2D eigenvalue weighted by Gasteiger charge is -2.33. The first kappa shape index (κ1) is 23.2. The highest BCUT2D eigenvalue weighted by molar-refractivity contribution is 7.92. The maximum atomic E-state index is 14.0. The maximum absolute atomic E-state index is 14.0. The minimum atomic E-state index is -4.14. The molecular formula is C24H22FN3O5S. The number of carbonyl (C=O) groups excluding carboxylic acids is 2. The molecule has 176 valence electrons. The number of aryl methyl sites for hydroxylation is 1. The number of fused-ring (bicyclic) bond motifs is 1. The molecule has 0 aliphatic carbocycles. The lowest BCUT2D eigenvalue weighted by Crippen LogP contribution is -2.48. The van der Waals surface area contributed by atoms with E-state index in [-0.39, 0.29) is 28.7 Å². The Labute approximate surface area is 196 Å². The smallest absolute Gasteiger partial charge is 0.267 e. The van der Waals surface area contributed by atoms with Crippen molar-refractivity contribution in [2.24, 2.45) is 0 Å². The number of amides is 2. The van der Waals surface area contributed by atoms with Crippen LogP contribution in [-0.4, -0.2) is 32.9 Å². The number of para-hydroxylation sites is 3. The van der Waals surface area contributed by atoms with Gasteiger partial charge in [0.25, 0.3) is 15.9 Å². The molecule has 0 fully saturated rings. The number of nitrogens with zero attached hydrogens (tertiary/aromatic N) is 1. The van der Waals surface area contributed by atoms with Gasteiger partial charge in [0.1, 0.15) is 11.6 Å². The van der Waals surface area contributed by atoms with E-state index in [2.05, 4.69) is 10.0 Å². The summed E-state index contributed by atoms with van der Waals surface area (Å²) in [6.07, 6.45) is -1.00. The van der Waals surface area contributed by atoms with Crippen LogP contribution < -0.4 is 19.7 Å². The molecule has 2 amide bonds. The predicted octanol–water partition coefficient (Wildman–Crippen LogP) is 3.69. The van der Waals surface area contributed by atoms with Crippen LogP contribution in [0.2, 0.25) is 0 Å². The van der Waals surface area contributed by atoms with Gasteiger partial charge in [-0.15, -0.1) is 0 Å². The number of benzene rings is 3. The van der Waals surface area contributed by atoms with Crippen molar-refractivity contribution in [1.82, 2.24) is 0 Å². The van der Waals surface area contributed by atoms with Gasteiger partial charge in [-0.1, -0.05) is 30.3 Å². The second-order valence-electron chi connectivity index (χ2n) is 7.76. The standard InChI is InChI=1S/C24H22FN3O5S/c1-15-11-12-17(13-23(15)34(31,32)27-19-8-4-3-7-18(19)25)26-24(30)22-14-28(16(2)29)20-9-5-6-10-21(20)33-22/h3-13,22,27H,14H2,1-2H3,(H,26,30). The minimum absolute atomic E-state index is 0.00400. The van der Waals surface area contributed by atoms with Crippen molar-refractivity contribution in [2.75, 3.05) is 21.5 Å². The molecule has 0 spiro atoms. The predicted molar refractivity (Wildman–Crippen MR) is 126 cm³/mol. The Morgan fingerprint density at radius 3 is 2.50 bits per heavy atom. The van der Waals surface area contributed by atoms with E-state index in [4.69, 9.17) is 4.74 Å². The lowest BCUT2D eigenvalue weighted by atomic mass is 10.1. The molecule has 0 saturated heterocycles. The Balaban J connectivity index is 1.56. The van der Waals surface area contributed by atoms with Crippen LogP contribution in [0.3, 0.4) is 0 Å². The fourth-order valence-corrected chi connectivity index (χ4v) is 4.94. The third-order valence-electron chi connectivity index (χ3n) is 5.31. The van der Waals surface area contributed by atoms with Gasteiger partial charge in [0, 0.05) is 12.6 Å². The molecular weight excluding hydrogens is 461 g/mol. The van der Waals surface area contributed by atoms with Crippen molar-refractivity contribution in [2.45, 2.75) is 24.8 Å². The summed E-state index contributed by atoms with van der Waals surface area (Å²) in [7, 11) is -4.14. The molecule has 1 heterocycles. The van der Waals surface area contributed by atoms with Crippen LogP contribution in [0, 0.1) is 12.7 Å². The summed E-state index contributed by atoms with van der Waals surface area (Å²) in [6.45, 7) is 2.99. The van der Waals surface area contributed by atoms with E-state index in [1.165, 1.54) is 42.2 Å². The van der Waals surface area contributed by atoms with Crippen molar-refractivity contribution in [1.29, 1.82) is 0 Å². The van der Waals surface area contributed by atoms with Gasteiger partial charge in [0.05, 0.1) is 22.8 Å². The molecule has 0 bridgehead atoms. The largest absolute Gasteiger partial charge is 0.476 e. The molecule has 1 aliphatic heterocycles. The summed E-state index contributed by atoms with van der Waals surface area (Å²) in [5.74, 6) is -1.10. The Bertz CT molecular complexity index is 1380. The summed E-state index contributed by atoms with van der Waals surface area (Å²) in [6, 6.07) is 16.7. The third-order valence-corrected chi connectivity index (χ3v) is 6.82. The Hall–Kier alpha value is -3.92. The van der Waals surface area contributed by atoms with Gasteiger partial charge in [-0.05, 0) is 48.9 Å². The quantitative estimate of drug-likeness (QED) is 0.576. The number of halogens is 1. The number of hydrogen-bond donors (Lipinski definition) is 2. The van der Waals surface area contributed by atoms with Crippen molar-refractivity contribution in [3.8, 4) is 5.75 Å². The van der Waals surface area contributed by atoms with Gasteiger partial charge >= 0.3 is 0 Å². The highest BCUT2D eigenvalue weighted by atomic mass is 32.2. The number of ether oxygens (including phenoxy) is 1. The third kappa shape index (κ3) is 4.72. The van der Waals surface area contributed by atoms with Crippen molar-refractivity contribution in [3.05, 3.63) is 78.1 Å². The van der Waals surface area contributed by atoms with Gasteiger partial charge in [0.2, 0.25) is 5.91 Å². The van der Waals surface area contributed by atoms with Crippen LogP contribution >= 0.6 is 0 Å². The van der Waals surface area contributed by atoms with Crippen LogP contribution in [0.4, 0.5) is 21.5 Å². The van der Waals surface area contributed by atoms with Gasteiger partial charge < -0.3 is 15.0 Å². The van der Waals surface area contributed by atoms with Gasteiger partial charge in [0.15, 0.2) is 6.10 Å². The zero-order chi connectivity index (χ0) is 24.5. The average Bonchev–Trinajstić information content (AvgIpc) is 2.80. The zero-order valence-corrected chi connectivity index (χ0v) is 19.2. The summed E-state index contributed by atoms with van der Waals surface area (Å²) in [5.41, 5.74) is 1.01. The van der Waals surface area contributed by atoms with Crippen LogP contribution in [-0.2, 0) is 19.6 Å². The Morgan fingerprint density at radius 1 is 1.06 bits per heavy atom. The van der Waals surface area contributed by atoms with Crippen LogP contribution in [0.5, 0.6) is 5.75 Å². The fourth-order valence-electron chi connectivity index (χ4n) is 3.60. The molecule has 1 unspecified atom stereocenters. The molecule has 0 radical (unpaired) electrons. The second-order valence-corrected chi connectivity index (χ2v) is 9.41. The molecule has 4 rings (SSSR count). The molecule has 3 aromatic carbocycles. The van der Waals surface area contributed by atoms with Gasteiger partial charge in [-0.25, -0.2) is 12.8 Å². The van der Waals surface area contributed by atoms with Gasteiger partial charge in [-0.2, -0.15) is 0 Å². The number of hydrogen-bond acceptors (Lipinski definition) is 5. The average molecular weight is 484 g/mol. The topological polar surface area (TPSA) is 105 Å². The minimum Gasteiger partial charge on any atom is -0.476 e. The SMILES string of the molecule is CC(=O)N1CC(C(=O)Nc2ccc(C)c(S(=O)(=O)Nc3ccccc3F)c2)Oc2ccccc21. The summed E-state index contributed by atoms with van der Waals surface area (Å²) < 4.78 is 47.8. The van der Waals surface area contributed by atoms with E-state index in [0.29, 0.717) is 17.0 Å². The number of rotatable bonds is 5. The molecule has 34 heavy (non-hydrogen) atoms. The fraction of sp³-hybridized carbons (Fsp3) is 0.167. The van der Waals surface area contributed by atoms with Crippen LogP contribution in [0.15, 0.2) is 71.6 Å². The molecule has 0 aromatic heterocycles. The highest BCUT2D eigenvalue weighted by Crippen LogP contribution is 2.33. The second kappa shape index (κ2) is 9.14. The lowest BCUT2D eigenvalue weighted by molar-refractivity contribution is -0.123. The molecule has 1 atom stereocenters. The zero-order valence-electron chi connectivity index (χ0n) is 18.4. The highest BCUT2D eigenvalue weighted by Gasteiger charge is 2.32. The summed E-state index contributed by atoms with van der Waals surface area (Å²) in [4.78, 5) is 26.4. The molecule has 1 aliphatic rings. The van der Waals surface area contributed by atoms with E-state index >= 15 is 0 Å².